The molecule has 1 rings (SSSR count). The van der Waals surface area contributed by atoms with Crippen LogP contribution in [0.4, 0.5) is 0 Å². The van der Waals surface area contributed by atoms with Gasteiger partial charge in [0.1, 0.15) is 0 Å². The van der Waals surface area contributed by atoms with Crippen LogP contribution < -0.4 is 0 Å². The van der Waals surface area contributed by atoms with Crippen LogP contribution in [0.25, 0.3) is 0 Å². The molecule has 0 fully saturated rings. The minimum atomic E-state index is 0.250. The van der Waals surface area contributed by atoms with Crippen molar-refractivity contribution in [2.75, 3.05) is 0 Å². The fraction of sp³-hybridized carbons (Fsp3) is 0. The van der Waals surface area contributed by atoms with Crippen molar-refractivity contribution in [2.45, 2.75) is 0 Å². The average Bonchev–Trinajstić information content (AvgIpc) is 2.14. The van der Waals surface area contributed by atoms with Crippen molar-refractivity contribution in [3.63, 3.8) is 0 Å². The molecule has 1 aromatic rings. The van der Waals surface area contributed by atoms with Crippen LogP contribution in [-0.2, 0) is 4.79 Å². The second-order valence-electron chi connectivity index (χ2n) is 1.08. The highest BCUT2D eigenvalue weighted by molar-refractivity contribution is 5.70. The quantitative estimate of drug-likeness (QED) is 0.481. The van der Waals surface area contributed by atoms with Crippen LogP contribution in [0, 0.1) is 0 Å². The van der Waals surface area contributed by atoms with Crippen molar-refractivity contribution in [1.29, 1.82) is 0 Å². The Morgan fingerprint density at radius 1 is 1.71 bits per heavy atom. The second kappa shape index (κ2) is 1.60. The highest BCUT2D eigenvalue weighted by Crippen LogP contribution is 1.92. The van der Waals surface area contributed by atoms with Crippen molar-refractivity contribution in [1.82, 2.24) is 0 Å². The number of furan rings is 1. The Hall–Kier alpha value is -1.05. The van der Waals surface area contributed by atoms with E-state index in [4.69, 9.17) is 0 Å². The minimum Gasteiger partial charge on any atom is -0.501 e. The normalized spacial score (nSPS) is 8.57. The first-order valence-electron chi connectivity index (χ1n) is 1.85. The monoisotopic (exact) mass is 95.0 g/mol. The molecule has 7 heavy (non-hydrogen) atoms. The van der Waals surface area contributed by atoms with Gasteiger partial charge in [-0.15, -0.1) is 6.07 Å². The first-order valence-corrected chi connectivity index (χ1v) is 1.85. The Balaban J connectivity index is 2.96. The Kier molecular flexibility index (Phi) is 0.941. The van der Waals surface area contributed by atoms with Gasteiger partial charge in [-0.2, -0.15) is 6.07 Å². The van der Waals surface area contributed by atoms with Crippen LogP contribution in [0.5, 0.6) is 0 Å². The van der Waals surface area contributed by atoms with Crippen LogP contribution in [-0.4, -0.2) is 6.29 Å². The maximum Gasteiger partial charge on any atom is 0.0690 e. The summed E-state index contributed by atoms with van der Waals surface area (Å²) >= 11 is 0. The van der Waals surface area contributed by atoms with Gasteiger partial charge in [0.25, 0.3) is 0 Å². The molecule has 2 nitrogen and oxygen atoms in total. The lowest BCUT2D eigenvalue weighted by atomic mass is 10.5. The zero-order valence-electron chi connectivity index (χ0n) is 3.55. The molecule has 0 aliphatic rings. The topological polar surface area (TPSA) is 30.2 Å². The lowest BCUT2D eigenvalue weighted by Gasteiger charge is -1.80. The van der Waals surface area contributed by atoms with E-state index in [9.17, 15) is 4.79 Å². The van der Waals surface area contributed by atoms with Crippen molar-refractivity contribution in [3.8, 4) is 0 Å². The van der Waals surface area contributed by atoms with Crippen LogP contribution >= 0.6 is 0 Å². The number of carbonyl (C=O) groups excluding carboxylic acids is 1. The molecule has 0 aliphatic heterocycles. The molecule has 0 unspecified atom stereocenters. The van der Waals surface area contributed by atoms with E-state index in [1.807, 2.05) is 0 Å². The summed E-state index contributed by atoms with van der Waals surface area (Å²) in [5.41, 5.74) is 0. The highest BCUT2D eigenvalue weighted by Gasteiger charge is 1.72. The van der Waals surface area contributed by atoms with E-state index in [1.54, 1.807) is 18.4 Å². The number of hydrogen-bond acceptors (Lipinski definition) is 2. The minimum absolute atomic E-state index is 0.250. The van der Waals surface area contributed by atoms with Gasteiger partial charge in [0, 0.05) is 6.29 Å². The molecule has 0 aliphatic carbocycles. The van der Waals surface area contributed by atoms with Crippen LogP contribution in [0.1, 0.15) is 5.76 Å². The summed E-state index contributed by atoms with van der Waals surface area (Å²) in [5.74, 6) is 0.250. The third-order valence-electron chi connectivity index (χ3n) is 0.622. The largest absolute Gasteiger partial charge is 0.501 e. The first kappa shape index (κ1) is 4.12. The lowest BCUT2D eigenvalue weighted by molar-refractivity contribution is 0.518. The molecule has 1 aromatic heterocycles. The predicted octanol–water partition coefficient (Wildman–Crippen LogP) is 0.737. The Morgan fingerprint density at radius 3 is 2.86 bits per heavy atom. The van der Waals surface area contributed by atoms with Crippen molar-refractivity contribution in [2.24, 2.45) is 0 Å². The molecule has 0 radical (unpaired) electrons. The van der Waals surface area contributed by atoms with Gasteiger partial charge in [0.15, 0.2) is 0 Å². The molecular weight excluding hydrogens is 92.1 g/mol. The van der Waals surface area contributed by atoms with Gasteiger partial charge in [-0.05, 0) is 5.76 Å². The molecule has 0 amide bonds. The molecule has 0 aromatic carbocycles. The molecule has 0 bridgehead atoms. The van der Waals surface area contributed by atoms with Gasteiger partial charge >= 0.3 is 0 Å². The van der Waals surface area contributed by atoms with Crippen LogP contribution in [0.2, 0.25) is 0 Å². The van der Waals surface area contributed by atoms with Crippen molar-refractivity contribution in [3.05, 3.63) is 24.2 Å². The number of hydrogen-bond donors (Lipinski definition) is 0. The molecule has 0 saturated carbocycles. The van der Waals surface area contributed by atoms with Crippen LogP contribution in [0.15, 0.2) is 22.8 Å². The second-order valence-corrected chi connectivity index (χ2v) is 1.08. The third kappa shape index (κ3) is 0.682. The summed E-state index contributed by atoms with van der Waals surface area (Å²) in [6.45, 7) is 0. The fourth-order valence-corrected chi connectivity index (χ4v) is 0.337. The predicted molar refractivity (Wildman–Crippen MR) is 23.5 cm³/mol. The van der Waals surface area contributed by atoms with Gasteiger partial charge in [-0.3, -0.25) is 0 Å². The van der Waals surface area contributed by atoms with E-state index in [2.05, 4.69) is 4.42 Å². The Morgan fingerprint density at radius 2 is 2.57 bits per heavy atom. The summed E-state index contributed by atoms with van der Waals surface area (Å²) in [7, 11) is 0. The van der Waals surface area contributed by atoms with E-state index >= 15 is 0 Å². The first-order chi connectivity index (χ1) is 3.43. The van der Waals surface area contributed by atoms with Gasteiger partial charge in [0.05, 0.1) is 6.26 Å². The lowest BCUT2D eigenvalue weighted by Crippen LogP contribution is -1.66. The molecular formula is C5H3O2-. The summed E-state index contributed by atoms with van der Waals surface area (Å²) in [5, 5.41) is 0. The van der Waals surface area contributed by atoms with Gasteiger partial charge in [-0.1, -0.05) is 0 Å². The van der Waals surface area contributed by atoms with E-state index in [-0.39, 0.29) is 5.76 Å². The molecule has 2 heteroatoms. The van der Waals surface area contributed by atoms with E-state index in [0.29, 0.717) is 0 Å². The summed E-state index contributed by atoms with van der Waals surface area (Å²) in [6, 6.07) is 3.19. The molecule has 36 valence electrons. The van der Waals surface area contributed by atoms with E-state index in [0.717, 1.165) is 0 Å². The average molecular weight is 95.1 g/mol. The molecule has 0 saturated heterocycles. The molecule has 0 N–H and O–H groups in total. The Bertz CT molecular complexity index is 141. The van der Waals surface area contributed by atoms with Crippen molar-refractivity contribution < 1.29 is 9.21 Å². The van der Waals surface area contributed by atoms with Gasteiger partial charge in [-0.25, -0.2) is 0 Å². The smallest absolute Gasteiger partial charge is 0.0690 e. The van der Waals surface area contributed by atoms with Crippen LogP contribution in [0.3, 0.4) is 0 Å². The SMILES string of the molecule is O=[C-]c1ccco1. The molecule has 1 heterocycles. The highest BCUT2D eigenvalue weighted by atomic mass is 16.3. The maximum atomic E-state index is 9.65. The Labute approximate surface area is 40.8 Å². The zero-order valence-corrected chi connectivity index (χ0v) is 3.55. The number of rotatable bonds is 1. The summed E-state index contributed by atoms with van der Waals surface area (Å²) in [6.07, 6.45) is 3.02. The molecule has 0 atom stereocenters. The zero-order chi connectivity index (χ0) is 5.11. The maximum absolute atomic E-state index is 9.65. The van der Waals surface area contributed by atoms with E-state index in [1.165, 1.54) is 6.26 Å². The standard InChI is InChI=1S/C5H3O2/c6-4-5-2-1-3-7-5/h1-3H/q-1. The van der Waals surface area contributed by atoms with Gasteiger partial charge < -0.3 is 9.21 Å². The fourth-order valence-electron chi connectivity index (χ4n) is 0.337. The van der Waals surface area contributed by atoms with Gasteiger partial charge in [0.2, 0.25) is 0 Å². The third-order valence-corrected chi connectivity index (χ3v) is 0.622. The molecule has 0 spiro atoms. The summed E-state index contributed by atoms with van der Waals surface area (Å²) < 4.78 is 4.56. The van der Waals surface area contributed by atoms with E-state index < -0.39 is 0 Å². The summed E-state index contributed by atoms with van der Waals surface area (Å²) in [4.78, 5) is 9.65. The van der Waals surface area contributed by atoms with Crippen molar-refractivity contribution >= 4 is 6.29 Å².